The minimum atomic E-state index is 1.14. The molecule has 0 aromatic rings. The molecule has 0 saturated heterocycles. The fourth-order valence-corrected chi connectivity index (χ4v) is 0.354. The Morgan fingerprint density at radius 1 is 1.43 bits per heavy atom. The van der Waals surface area contributed by atoms with Crippen LogP contribution in [0.3, 0.4) is 0 Å². The summed E-state index contributed by atoms with van der Waals surface area (Å²) in [4.78, 5) is 1.47. The SMILES string of the molecule is C/C=C/C[NH+](C)C. The zero-order chi connectivity index (χ0) is 5.70. The molecule has 0 aromatic carbocycles. The maximum Gasteiger partial charge on any atom is 0.0953 e. The van der Waals surface area contributed by atoms with E-state index < -0.39 is 0 Å². The second kappa shape index (κ2) is 3.88. The largest absolute Gasteiger partial charge is 0.337 e. The summed E-state index contributed by atoms with van der Waals surface area (Å²) in [5.41, 5.74) is 0. The van der Waals surface area contributed by atoms with E-state index in [0.29, 0.717) is 0 Å². The number of allylic oxidation sites excluding steroid dienone is 1. The molecule has 1 N–H and O–H groups in total. The van der Waals surface area contributed by atoms with Gasteiger partial charge in [0.2, 0.25) is 0 Å². The molecule has 0 aromatic heterocycles. The van der Waals surface area contributed by atoms with Gasteiger partial charge >= 0.3 is 0 Å². The molecule has 7 heavy (non-hydrogen) atoms. The summed E-state index contributed by atoms with van der Waals surface area (Å²) in [5, 5.41) is 0. The molecule has 0 atom stereocenters. The standard InChI is InChI=1S/C6H13N/c1-4-5-6-7(2)3/h4-5H,6H2,1-3H3/p+1/b5-4+. The molecule has 0 saturated carbocycles. The monoisotopic (exact) mass is 100 g/mol. The molecule has 0 spiro atoms. The predicted octanol–water partition coefficient (Wildman–Crippen LogP) is -0.293. The summed E-state index contributed by atoms with van der Waals surface area (Å²) in [7, 11) is 4.28. The predicted molar refractivity (Wildman–Crippen MR) is 32.5 cm³/mol. The number of rotatable bonds is 2. The van der Waals surface area contributed by atoms with Crippen molar-refractivity contribution in [1.82, 2.24) is 0 Å². The van der Waals surface area contributed by atoms with Crippen molar-refractivity contribution in [2.75, 3.05) is 20.6 Å². The van der Waals surface area contributed by atoms with Crippen molar-refractivity contribution >= 4 is 0 Å². The first kappa shape index (κ1) is 6.70. The highest BCUT2D eigenvalue weighted by atomic mass is 15.0. The van der Waals surface area contributed by atoms with E-state index >= 15 is 0 Å². The molecule has 1 heteroatoms. The van der Waals surface area contributed by atoms with Crippen LogP contribution in [-0.4, -0.2) is 20.6 Å². The number of hydrogen-bond donors (Lipinski definition) is 1. The lowest BCUT2D eigenvalue weighted by atomic mass is 10.5. The third-order valence-corrected chi connectivity index (χ3v) is 0.762. The summed E-state index contributed by atoms with van der Waals surface area (Å²) in [6, 6.07) is 0. The van der Waals surface area contributed by atoms with Crippen molar-refractivity contribution < 1.29 is 4.90 Å². The summed E-state index contributed by atoms with van der Waals surface area (Å²) < 4.78 is 0. The van der Waals surface area contributed by atoms with Crippen LogP contribution in [-0.2, 0) is 0 Å². The summed E-state index contributed by atoms with van der Waals surface area (Å²) in [6.07, 6.45) is 4.24. The second-order valence-corrected chi connectivity index (χ2v) is 1.98. The van der Waals surface area contributed by atoms with E-state index in [4.69, 9.17) is 0 Å². The van der Waals surface area contributed by atoms with Crippen molar-refractivity contribution in [3.63, 3.8) is 0 Å². The molecule has 0 radical (unpaired) electrons. The normalized spacial score (nSPS) is 11.4. The minimum absolute atomic E-state index is 1.14. The molecule has 0 aliphatic heterocycles. The molecule has 42 valence electrons. The number of nitrogens with one attached hydrogen (secondary N) is 1. The van der Waals surface area contributed by atoms with E-state index in [1.165, 1.54) is 4.90 Å². The van der Waals surface area contributed by atoms with Crippen LogP contribution in [0.2, 0.25) is 0 Å². The maximum absolute atomic E-state index is 2.16. The van der Waals surface area contributed by atoms with Gasteiger partial charge in [0, 0.05) is 0 Å². The van der Waals surface area contributed by atoms with Crippen LogP contribution in [0.15, 0.2) is 12.2 Å². The Bertz CT molecular complexity index is 55.2. The summed E-state index contributed by atoms with van der Waals surface area (Å²) >= 11 is 0. The van der Waals surface area contributed by atoms with Gasteiger partial charge in [0.25, 0.3) is 0 Å². The molecule has 0 aliphatic rings. The van der Waals surface area contributed by atoms with Crippen LogP contribution in [0.4, 0.5) is 0 Å². The first-order chi connectivity index (χ1) is 3.27. The average Bonchev–Trinajstić information content (AvgIpc) is 1.61. The van der Waals surface area contributed by atoms with Gasteiger partial charge in [0.05, 0.1) is 20.6 Å². The summed E-state index contributed by atoms with van der Waals surface area (Å²) in [6.45, 7) is 3.18. The molecule has 0 unspecified atom stereocenters. The number of likely N-dealkylation sites (N-methyl/N-ethyl adjacent to an activating group) is 1. The topological polar surface area (TPSA) is 4.44 Å². The minimum Gasteiger partial charge on any atom is -0.337 e. The molecule has 0 aliphatic carbocycles. The van der Waals surface area contributed by atoms with Crippen molar-refractivity contribution in [1.29, 1.82) is 0 Å². The van der Waals surface area contributed by atoms with Gasteiger partial charge in [0.1, 0.15) is 0 Å². The van der Waals surface area contributed by atoms with Crippen LogP contribution in [0.5, 0.6) is 0 Å². The molecule has 0 fully saturated rings. The van der Waals surface area contributed by atoms with Gasteiger partial charge in [0.15, 0.2) is 0 Å². The fourth-order valence-electron chi connectivity index (χ4n) is 0.354. The lowest BCUT2D eigenvalue weighted by Gasteiger charge is -1.99. The Kier molecular flexibility index (Phi) is 3.71. The Hall–Kier alpha value is -0.300. The van der Waals surface area contributed by atoms with Crippen LogP contribution in [0.1, 0.15) is 6.92 Å². The van der Waals surface area contributed by atoms with Gasteiger partial charge in [-0.05, 0) is 13.0 Å². The Morgan fingerprint density at radius 2 is 2.00 bits per heavy atom. The molecule has 0 bridgehead atoms. The van der Waals surface area contributed by atoms with Crippen molar-refractivity contribution in [2.45, 2.75) is 6.92 Å². The summed E-state index contributed by atoms with van der Waals surface area (Å²) in [5.74, 6) is 0. The van der Waals surface area contributed by atoms with Gasteiger partial charge in [-0.25, -0.2) is 0 Å². The van der Waals surface area contributed by atoms with Gasteiger partial charge in [-0.3, -0.25) is 0 Å². The van der Waals surface area contributed by atoms with Crippen LogP contribution < -0.4 is 4.90 Å². The lowest BCUT2D eigenvalue weighted by molar-refractivity contribution is -0.851. The van der Waals surface area contributed by atoms with Gasteiger partial charge in [-0.15, -0.1) is 0 Å². The maximum atomic E-state index is 2.16. The van der Waals surface area contributed by atoms with Crippen LogP contribution >= 0.6 is 0 Å². The molecule has 0 amide bonds. The quantitative estimate of drug-likeness (QED) is 0.455. The van der Waals surface area contributed by atoms with Crippen molar-refractivity contribution in [2.24, 2.45) is 0 Å². The lowest BCUT2D eigenvalue weighted by Crippen LogP contribution is -3.05. The van der Waals surface area contributed by atoms with E-state index in [1.54, 1.807) is 0 Å². The highest BCUT2D eigenvalue weighted by molar-refractivity contribution is 4.74. The first-order valence-electron chi connectivity index (χ1n) is 2.67. The van der Waals surface area contributed by atoms with E-state index in [0.717, 1.165) is 6.54 Å². The van der Waals surface area contributed by atoms with Crippen LogP contribution in [0.25, 0.3) is 0 Å². The molecule has 0 rings (SSSR count). The van der Waals surface area contributed by atoms with E-state index in [-0.39, 0.29) is 0 Å². The van der Waals surface area contributed by atoms with Gasteiger partial charge in [-0.1, -0.05) is 6.08 Å². The fraction of sp³-hybridized carbons (Fsp3) is 0.667. The van der Waals surface area contributed by atoms with Crippen LogP contribution in [0, 0.1) is 0 Å². The van der Waals surface area contributed by atoms with Gasteiger partial charge in [-0.2, -0.15) is 0 Å². The Morgan fingerprint density at radius 3 is 2.14 bits per heavy atom. The number of quaternary nitrogens is 1. The number of hydrogen-bond acceptors (Lipinski definition) is 0. The molecular formula is C6H14N+. The third-order valence-electron chi connectivity index (χ3n) is 0.762. The molecule has 0 heterocycles. The second-order valence-electron chi connectivity index (χ2n) is 1.98. The van der Waals surface area contributed by atoms with Gasteiger partial charge < -0.3 is 4.90 Å². The smallest absolute Gasteiger partial charge is 0.0953 e. The zero-order valence-electron chi connectivity index (χ0n) is 5.36. The van der Waals surface area contributed by atoms with Crippen molar-refractivity contribution in [3.8, 4) is 0 Å². The molecular weight excluding hydrogens is 86.1 g/mol. The van der Waals surface area contributed by atoms with E-state index in [9.17, 15) is 0 Å². The van der Waals surface area contributed by atoms with E-state index in [2.05, 4.69) is 26.2 Å². The Balaban J connectivity index is 2.97. The molecule has 1 nitrogen and oxygen atoms in total. The first-order valence-corrected chi connectivity index (χ1v) is 2.67. The highest BCUT2D eigenvalue weighted by Gasteiger charge is 1.80. The Labute approximate surface area is 45.6 Å². The van der Waals surface area contributed by atoms with Crippen molar-refractivity contribution in [3.05, 3.63) is 12.2 Å². The third kappa shape index (κ3) is 5.70. The van der Waals surface area contributed by atoms with E-state index in [1.807, 2.05) is 6.92 Å². The average molecular weight is 100 g/mol. The highest BCUT2D eigenvalue weighted by Crippen LogP contribution is 1.58. The zero-order valence-corrected chi connectivity index (χ0v) is 5.36.